The fourth-order valence-corrected chi connectivity index (χ4v) is 3.60. The molecule has 160 valence electrons. The number of nitro benzene ring substituents is 1. The highest BCUT2D eigenvalue weighted by Crippen LogP contribution is 2.36. The molecule has 2 aromatic carbocycles. The molecule has 0 radical (unpaired) electrons. The minimum Gasteiger partial charge on any atom is -0.363 e. The highest BCUT2D eigenvalue weighted by molar-refractivity contribution is 9.10. The van der Waals surface area contributed by atoms with Crippen molar-refractivity contribution in [2.75, 3.05) is 42.9 Å². The predicted octanol–water partition coefficient (Wildman–Crippen LogP) is 4.14. The van der Waals surface area contributed by atoms with Crippen LogP contribution in [0, 0.1) is 10.1 Å². The summed E-state index contributed by atoms with van der Waals surface area (Å²) in [6.07, 6.45) is -4.65. The summed E-state index contributed by atoms with van der Waals surface area (Å²) in [6.45, 7) is 1.75. The van der Waals surface area contributed by atoms with Crippen LogP contribution in [0.3, 0.4) is 0 Å². The van der Waals surface area contributed by atoms with Gasteiger partial charge in [-0.15, -0.1) is 0 Å². The quantitative estimate of drug-likeness (QED) is 0.507. The molecule has 0 aliphatic carbocycles. The third-order valence-electron chi connectivity index (χ3n) is 4.73. The minimum atomic E-state index is -4.65. The molecule has 3 rings (SSSR count). The van der Waals surface area contributed by atoms with Gasteiger partial charge in [0.1, 0.15) is 5.69 Å². The van der Waals surface area contributed by atoms with Crippen LogP contribution in [0.4, 0.5) is 30.2 Å². The molecule has 11 heteroatoms. The van der Waals surface area contributed by atoms with Gasteiger partial charge in [0.15, 0.2) is 0 Å². The molecular weight excluding hydrogens is 469 g/mol. The topological polar surface area (TPSA) is 78.7 Å². The molecule has 0 saturated carbocycles. The zero-order valence-corrected chi connectivity index (χ0v) is 17.2. The molecule has 0 spiro atoms. The highest BCUT2D eigenvalue weighted by atomic mass is 79.9. The first-order valence-corrected chi connectivity index (χ1v) is 9.82. The summed E-state index contributed by atoms with van der Waals surface area (Å²) in [5, 5.41) is 14.1. The van der Waals surface area contributed by atoms with Crippen molar-refractivity contribution in [1.29, 1.82) is 0 Å². The number of nitro groups is 1. The first-order valence-electron chi connectivity index (χ1n) is 9.02. The number of nitrogens with one attached hydrogen (secondary N) is 1. The van der Waals surface area contributed by atoms with Crippen molar-refractivity contribution >= 4 is 38.9 Å². The van der Waals surface area contributed by atoms with Crippen LogP contribution < -0.4 is 10.2 Å². The molecule has 1 N–H and O–H groups in total. The van der Waals surface area contributed by atoms with Crippen LogP contribution in [0.2, 0.25) is 0 Å². The second-order valence-electron chi connectivity index (χ2n) is 6.75. The third kappa shape index (κ3) is 5.28. The Hall–Kier alpha value is -2.66. The number of halogens is 4. The van der Waals surface area contributed by atoms with Crippen LogP contribution in [-0.2, 0) is 11.0 Å². The van der Waals surface area contributed by atoms with Crippen molar-refractivity contribution in [3.8, 4) is 0 Å². The molecule has 1 fully saturated rings. The van der Waals surface area contributed by atoms with Crippen LogP contribution in [0.5, 0.6) is 0 Å². The Bertz CT molecular complexity index is 947. The smallest absolute Gasteiger partial charge is 0.363 e. The van der Waals surface area contributed by atoms with Crippen LogP contribution in [0.1, 0.15) is 5.56 Å². The Morgan fingerprint density at radius 3 is 2.40 bits per heavy atom. The van der Waals surface area contributed by atoms with E-state index in [4.69, 9.17) is 0 Å². The molecule has 1 aliphatic rings. The molecule has 0 bridgehead atoms. The van der Waals surface area contributed by atoms with Crippen LogP contribution in [-0.4, -0.2) is 48.5 Å². The Morgan fingerprint density at radius 2 is 1.80 bits per heavy atom. The van der Waals surface area contributed by atoms with Crippen molar-refractivity contribution in [2.24, 2.45) is 0 Å². The molecule has 0 aromatic heterocycles. The number of amides is 1. The van der Waals surface area contributed by atoms with Gasteiger partial charge in [0.25, 0.3) is 5.69 Å². The minimum absolute atomic E-state index is 0.143. The first-order chi connectivity index (χ1) is 14.1. The molecule has 30 heavy (non-hydrogen) atoms. The molecule has 0 atom stereocenters. The van der Waals surface area contributed by atoms with E-state index in [2.05, 4.69) is 21.2 Å². The number of nitrogens with zero attached hydrogens (tertiary/aromatic N) is 3. The zero-order chi connectivity index (χ0) is 21.9. The number of rotatable bonds is 5. The van der Waals surface area contributed by atoms with Crippen molar-refractivity contribution < 1.29 is 22.9 Å². The molecule has 2 aromatic rings. The predicted molar refractivity (Wildman–Crippen MR) is 110 cm³/mol. The lowest BCUT2D eigenvalue weighted by molar-refractivity contribution is -0.384. The van der Waals surface area contributed by atoms with Gasteiger partial charge in [-0.25, -0.2) is 0 Å². The van der Waals surface area contributed by atoms with Crippen molar-refractivity contribution in [3.05, 3.63) is 62.6 Å². The maximum atomic E-state index is 12.9. The number of alkyl halides is 3. The molecule has 1 heterocycles. The van der Waals surface area contributed by atoms with Gasteiger partial charge in [-0.1, -0.05) is 12.1 Å². The summed E-state index contributed by atoms with van der Waals surface area (Å²) in [6, 6.07) is 9.76. The van der Waals surface area contributed by atoms with E-state index in [0.717, 1.165) is 16.6 Å². The van der Waals surface area contributed by atoms with Gasteiger partial charge in [0.2, 0.25) is 5.91 Å². The van der Waals surface area contributed by atoms with E-state index in [-0.39, 0.29) is 18.1 Å². The average molecular weight is 487 g/mol. The van der Waals surface area contributed by atoms with E-state index < -0.39 is 22.4 Å². The van der Waals surface area contributed by atoms with Crippen LogP contribution in [0.25, 0.3) is 0 Å². The van der Waals surface area contributed by atoms with Gasteiger partial charge in [0, 0.05) is 36.7 Å². The Kier molecular flexibility index (Phi) is 6.61. The zero-order valence-electron chi connectivity index (χ0n) is 15.7. The number of para-hydroxylation sites is 1. The molecule has 7 nitrogen and oxygen atoms in total. The van der Waals surface area contributed by atoms with Crippen molar-refractivity contribution in [1.82, 2.24) is 4.90 Å². The SMILES string of the molecule is O=C(CN1CCN(c2ccc(C(F)(F)F)cc2[N+](=O)[O-])CC1)Nc1ccccc1Br. The van der Waals surface area contributed by atoms with E-state index in [9.17, 15) is 28.1 Å². The first kappa shape index (κ1) is 22.0. The Morgan fingerprint density at radius 1 is 1.13 bits per heavy atom. The fourth-order valence-electron chi connectivity index (χ4n) is 3.22. The van der Waals surface area contributed by atoms with Crippen LogP contribution in [0.15, 0.2) is 46.9 Å². The standard InChI is InChI=1S/C19H18BrF3N4O3/c20-14-3-1-2-4-15(14)24-18(28)12-25-7-9-26(10-8-25)16-6-5-13(19(21,22)23)11-17(16)27(29)30/h1-6,11H,7-10,12H2,(H,24,28). The number of benzene rings is 2. The van der Waals surface area contributed by atoms with Gasteiger partial charge >= 0.3 is 6.18 Å². The summed E-state index contributed by atoms with van der Waals surface area (Å²) < 4.78 is 39.4. The largest absolute Gasteiger partial charge is 0.416 e. The van der Waals surface area contributed by atoms with E-state index in [1.807, 2.05) is 17.0 Å². The van der Waals surface area contributed by atoms with Gasteiger partial charge in [0.05, 0.1) is 22.7 Å². The number of hydrogen-bond donors (Lipinski definition) is 1. The number of hydrogen-bond acceptors (Lipinski definition) is 5. The van der Waals surface area contributed by atoms with E-state index >= 15 is 0 Å². The summed E-state index contributed by atoms with van der Waals surface area (Å²) in [7, 11) is 0. The Labute approximate surface area is 178 Å². The van der Waals surface area contributed by atoms with E-state index in [0.29, 0.717) is 37.9 Å². The summed E-state index contributed by atoms with van der Waals surface area (Å²) in [5.74, 6) is -0.198. The lowest BCUT2D eigenvalue weighted by atomic mass is 10.1. The normalized spacial score (nSPS) is 15.1. The van der Waals surface area contributed by atoms with Gasteiger partial charge in [-0.05, 0) is 40.2 Å². The maximum absolute atomic E-state index is 12.9. The molecule has 1 saturated heterocycles. The second-order valence-corrected chi connectivity index (χ2v) is 7.60. The molecule has 1 aliphatic heterocycles. The summed E-state index contributed by atoms with van der Waals surface area (Å²) in [5.41, 5.74) is -0.836. The lowest BCUT2D eigenvalue weighted by Crippen LogP contribution is -2.48. The monoisotopic (exact) mass is 486 g/mol. The van der Waals surface area contributed by atoms with E-state index in [1.54, 1.807) is 17.0 Å². The van der Waals surface area contributed by atoms with Gasteiger partial charge < -0.3 is 10.2 Å². The second kappa shape index (κ2) is 9.00. The van der Waals surface area contributed by atoms with Crippen molar-refractivity contribution in [2.45, 2.75) is 6.18 Å². The lowest BCUT2D eigenvalue weighted by Gasteiger charge is -2.35. The number of carbonyl (C=O) groups is 1. The third-order valence-corrected chi connectivity index (χ3v) is 5.42. The number of carbonyl (C=O) groups excluding carboxylic acids is 1. The van der Waals surface area contributed by atoms with E-state index in [1.165, 1.54) is 0 Å². The van der Waals surface area contributed by atoms with Crippen molar-refractivity contribution in [3.63, 3.8) is 0 Å². The Balaban J connectivity index is 1.62. The molecular formula is C19H18BrF3N4O3. The summed E-state index contributed by atoms with van der Waals surface area (Å²) in [4.78, 5) is 26.3. The highest BCUT2D eigenvalue weighted by Gasteiger charge is 2.34. The number of anilines is 2. The summed E-state index contributed by atoms with van der Waals surface area (Å²) >= 11 is 3.36. The van der Waals surface area contributed by atoms with Gasteiger partial charge in [-0.2, -0.15) is 13.2 Å². The molecule has 0 unspecified atom stereocenters. The maximum Gasteiger partial charge on any atom is 0.416 e. The van der Waals surface area contributed by atoms with Gasteiger partial charge in [-0.3, -0.25) is 19.8 Å². The average Bonchev–Trinajstić information content (AvgIpc) is 2.69. The molecule has 1 amide bonds. The van der Waals surface area contributed by atoms with Crippen LogP contribution >= 0.6 is 15.9 Å². The number of piperazine rings is 1. The fraction of sp³-hybridized carbons (Fsp3) is 0.316.